The van der Waals surface area contributed by atoms with Crippen molar-refractivity contribution in [1.82, 2.24) is 9.97 Å². The molecule has 0 saturated heterocycles. The van der Waals surface area contributed by atoms with Gasteiger partial charge in [-0.1, -0.05) is 0 Å². The first-order valence-electron chi connectivity index (χ1n) is 7.61. The first kappa shape index (κ1) is 12.9. The molecular weight excluding hydrogens is 318 g/mol. The van der Waals surface area contributed by atoms with Gasteiger partial charge in [0.05, 0.1) is 0 Å². The number of rotatable bonds is 3. The maximum atomic E-state index is 11.8. The van der Waals surface area contributed by atoms with Gasteiger partial charge in [-0.05, 0) is 77.6 Å². The predicted molar refractivity (Wildman–Crippen MR) is 81.7 cm³/mol. The van der Waals surface area contributed by atoms with E-state index in [1.165, 1.54) is 38.5 Å². The van der Waals surface area contributed by atoms with Crippen molar-refractivity contribution in [2.45, 2.75) is 38.5 Å². The summed E-state index contributed by atoms with van der Waals surface area (Å²) in [4.78, 5) is 18.7. The molecule has 20 heavy (non-hydrogen) atoms. The number of nitrogens with one attached hydrogen (secondary N) is 2. The van der Waals surface area contributed by atoms with Crippen molar-refractivity contribution in [3.05, 3.63) is 21.2 Å². The third-order valence-corrected chi connectivity index (χ3v) is 5.96. The summed E-state index contributed by atoms with van der Waals surface area (Å²) in [6.07, 6.45) is 9.98. The van der Waals surface area contributed by atoms with Crippen molar-refractivity contribution in [2.75, 3.05) is 11.9 Å². The van der Waals surface area contributed by atoms with Gasteiger partial charge in [0.2, 0.25) is 0 Å². The molecule has 108 valence electrons. The van der Waals surface area contributed by atoms with E-state index in [0.717, 1.165) is 24.3 Å². The third kappa shape index (κ3) is 2.20. The lowest BCUT2D eigenvalue weighted by atomic mass is 9.49. The van der Waals surface area contributed by atoms with Crippen molar-refractivity contribution >= 4 is 21.7 Å². The van der Waals surface area contributed by atoms with E-state index >= 15 is 0 Å². The van der Waals surface area contributed by atoms with Crippen LogP contribution in [0.25, 0.3) is 0 Å². The SMILES string of the molecule is O=c1[nH]cc(Br)nc1NCC12CC3CC(CC(C3)C1)C2. The van der Waals surface area contributed by atoms with Crippen LogP contribution >= 0.6 is 15.9 Å². The van der Waals surface area contributed by atoms with Gasteiger partial charge in [-0.25, -0.2) is 4.98 Å². The first-order chi connectivity index (χ1) is 9.62. The Morgan fingerprint density at radius 1 is 1.25 bits per heavy atom. The number of anilines is 1. The first-order valence-corrected chi connectivity index (χ1v) is 8.40. The Labute approximate surface area is 126 Å². The van der Waals surface area contributed by atoms with E-state index in [9.17, 15) is 4.79 Å². The Hall–Kier alpha value is -0.840. The molecule has 4 fully saturated rings. The highest BCUT2D eigenvalue weighted by Crippen LogP contribution is 2.59. The number of aromatic nitrogens is 2. The fraction of sp³-hybridized carbons (Fsp3) is 0.733. The molecular formula is C15H20BrN3O. The standard InChI is InChI=1S/C15H20BrN3O/c16-12-7-17-14(20)13(19-12)18-8-15-4-9-1-10(5-15)3-11(2-9)6-15/h7,9-11H,1-6,8H2,(H,17,20)(H,18,19). The normalized spacial score (nSPS) is 38.1. The van der Waals surface area contributed by atoms with Crippen LogP contribution in [-0.2, 0) is 0 Å². The Balaban J connectivity index is 1.52. The fourth-order valence-corrected chi connectivity index (χ4v) is 5.57. The van der Waals surface area contributed by atoms with Crippen molar-refractivity contribution in [3.63, 3.8) is 0 Å². The van der Waals surface area contributed by atoms with Crippen LogP contribution in [-0.4, -0.2) is 16.5 Å². The van der Waals surface area contributed by atoms with Crippen LogP contribution in [0, 0.1) is 23.2 Å². The molecule has 0 atom stereocenters. The summed E-state index contributed by atoms with van der Waals surface area (Å²) in [7, 11) is 0. The average Bonchev–Trinajstić information content (AvgIpc) is 2.38. The highest BCUT2D eigenvalue weighted by molar-refractivity contribution is 9.10. The Morgan fingerprint density at radius 2 is 1.85 bits per heavy atom. The van der Waals surface area contributed by atoms with Crippen LogP contribution in [0.5, 0.6) is 0 Å². The Kier molecular flexibility index (Phi) is 2.95. The molecule has 5 rings (SSSR count). The van der Waals surface area contributed by atoms with Crippen LogP contribution in [0.2, 0.25) is 0 Å². The Morgan fingerprint density at radius 3 is 2.45 bits per heavy atom. The molecule has 0 spiro atoms. The van der Waals surface area contributed by atoms with E-state index < -0.39 is 0 Å². The molecule has 2 N–H and O–H groups in total. The van der Waals surface area contributed by atoms with Gasteiger partial charge in [0, 0.05) is 12.7 Å². The highest BCUT2D eigenvalue weighted by atomic mass is 79.9. The molecule has 0 aliphatic heterocycles. The molecule has 0 amide bonds. The van der Waals surface area contributed by atoms with E-state index in [-0.39, 0.29) is 5.56 Å². The fourth-order valence-electron chi connectivity index (χ4n) is 5.28. The Bertz CT molecular complexity index is 547. The van der Waals surface area contributed by atoms with Gasteiger partial charge in [-0.2, -0.15) is 0 Å². The number of halogens is 1. The molecule has 4 saturated carbocycles. The van der Waals surface area contributed by atoms with Crippen LogP contribution < -0.4 is 10.9 Å². The van der Waals surface area contributed by atoms with Crippen LogP contribution in [0.3, 0.4) is 0 Å². The van der Waals surface area contributed by atoms with E-state index in [0.29, 0.717) is 15.8 Å². The quantitative estimate of drug-likeness (QED) is 0.890. The molecule has 5 heteroatoms. The molecule has 4 nitrogen and oxygen atoms in total. The van der Waals surface area contributed by atoms with Gasteiger partial charge >= 0.3 is 0 Å². The maximum absolute atomic E-state index is 11.8. The minimum atomic E-state index is -0.127. The smallest absolute Gasteiger partial charge is 0.290 e. The number of nitrogens with zero attached hydrogens (tertiary/aromatic N) is 1. The van der Waals surface area contributed by atoms with Gasteiger partial charge in [-0.3, -0.25) is 4.79 Å². The van der Waals surface area contributed by atoms with Crippen LogP contribution in [0.4, 0.5) is 5.82 Å². The number of hydrogen-bond donors (Lipinski definition) is 2. The van der Waals surface area contributed by atoms with Gasteiger partial charge < -0.3 is 10.3 Å². The van der Waals surface area contributed by atoms with Crippen molar-refractivity contribution < 1.29 is 0 Å². The van der Waals surface area contributed by atoms with Gasteiger partial charge in [-0.15, -0.1) is 0 Å². The number of hydrogen-bond acceptors (Lipinski definition) is 3. The molecule has 1 aromatic heterocycles. The molecule has 0 aromatic carbocycles. The van der Waals surface area contributed by atoms with E-state index in [1.54, 1.807) is 6.20 Å². The summed E-state index contributed by atoms with van der Waals surface area (Å²) in [6.45, 7) is 0.906. The minimum absolute atomic E-state index is 0.127. The summed E-state index contributed by atoms with van der Waals surface area (Å²) in [5, 5.41) is 3.33. The second-order valence-electron chi connectivity index (χ2n) is 7.17. The summed E-state index contributed by atoms with van der Waals surface area (Å²) in [5.74, 6) is 3.28. The minimum Gasteiger partial charge on any atom is -0.365 e. The van der Waals surface area contributed by atoms with Gasteiger partial charge in [0.1, 0.15) is 4.60 Å². The molecule has 4 aliphatic carbocycles. The lowest BCUT2D eigenvalue weighted by Gasteiger charge is -2.56. The van der Waals surface area contributed by atoms with Crippen molar-refractivity contribution in [3.8, 4) is 0 Å². The lowest BCUT2D eigenvalue weighted by molar-refractivity contribution is -0.0444. The third-order valence-electron chi connectivity index (χ3n) is 5.55. The van der Waals surface area contributed by atoms with E-state index in [2.05, 4.69) is 31.2 Å². The van der Waals surface area contributed by atoms with Crippen LogP contribution in [0.15, 0.2) is 15.6 Å². The summed E-state index contributed by atoms with van der Waals surface area (Å²) >= 11 is 3.31. The topological polar surface area (TPSA) is 57.8 Å². The monoisotopic (exact) mass is 337 g/mol. The molecule has 0 unspecified atom stereocenters. The lowest BCUT2D eigenvalue weighted by Crippen LogP contribution is -2.49. The highest BCUT2D eigenvalue weighted by Gasteiger charge is 2.50. The summed E-state index contributed by atoms with van der Waals surface area (Å²) < 4.78 is 0.671. The van der Waals surface area contributed by atoms with Crippen molar-refractivity contribution in [1.29, 1.82) is 0 Å². The molecule has 4 aliphatic rings. The van der Waals surface area contributed by atoms with Crippen LogP contribution in [0.1, 0.15) is 38.5 Å². The van der Waals surface area contributed by atoms with Crippen molar-refractivity contribution in [2.24, 2.45) is 23.2 Å². The second kappa shape index (κ2) is 4.58. The maximum Gasteiger partial charge on any atom is 0.290 e. The van der Waals surface area contributed by atoms with E-state index in [1.807, 2.05) is 0 Å². The number of H-pyrrole nitrogens is 1. The zero-order chi connectivity index (χ0) is 13.7. The molecule has 4 bridgehead atoms. The zero-order valence-corrected chi connectivity index (χ0v) is 13.1. The molecule has 0 radical (unpaired) electrons. The zero-order valence-electron chi connectivity index (χ0n) is 11.5. The van der Waals surface area contributed by atoms with E-state index in [4.69, 9.17) is 0 Å². The molecule has 1 heterocycles. The van der Waals surface area contributed by atoms with Gasteiger partial charge in [0.25, 0.3) is 5.56 Å². The summed E-state index contributed by atoms with van der Waals surface area (Å²) in [6, 6.07) is 0. The molecule has 1 aromatic rings. The number of aromatic amines is 1. The largest absolute Gasteiger partial charge is 0.365 e. The van der Waals surface area contributed by atoms with Gasteiger partial charge in [0.15, 0.2) is 5.82 Å². The predicted octanol–water partition coefficient (Wildman–Crippen LogP) is 3.16. The average molecular weight is 338 g/mol. The second-order valence-corrected chi connectivity index (χ2v) is 7.98. The summed E-state index contributed by atoms with van der Waals surface area (Å²) in [5.41, 5.74) is 0.295.